The topological polar surface area (TPSA) is 52.6 Å². The maximum Gasteiger partial charge on any atom is 0.338 e. The minimum Gasteiger partial charge on any atom is -0.454 e. The Labute approximate surface area is 223 Å². The van der Waals surface area contributed by atoms with Crippen molar-refractivity contribution in [2.75, 3.05) is 6.66 Å². The van der Waals surface area contributed by atoms with Gasteiger partial charge in [-0.05, 0) is 65.4 Å². The number of ether oxygens (including phenoxy) is 2. The van der Waals surface area contributed by atoms with E-state index in [2.05, 4.69) is 50.0 Å². The molecule has 0 aromatic heterocycles. The molecule has 3 aliphatic rings. The summed E-state index contributed by atoms with van der Waals surface area (Å²) in [6.45, 7) is 4.29. The Morgan fingerprint density at radius 3 is 1.92 bits per heavy atom. The molecule has 4 aromatic carbocycles. The number of hydrogen-bond acceptors (Lipinski definition) is 4. The zero-order valence-corrected chi connectivity index (χ0v) is 22.2. The monoisotopic (exact) mass is 518 g/mol. The smallest absolute Gasteiger partial charge is 0.338 e. The molecule has 1 fully saturated rings. The summed E-state index contributed by atoms with van der Waals surface area (Å²) in [5.74, 6) is -0.929. The molecule has 38 heavy (non-hydrogen) atoms. The number of benzene rings is 4. The van der Waals surface area contributed by atoms with Crippen LogP contribution in [0.2, 0.25) is 0 Å². The van der Waals surface area contributed by atoms with E-state index in [0.717, 1.165) is 0 Å². The number of aryl methyl sites for hydroxylation is 1. The van der Waals surface area contributed by atoms with Crippen LogP contribution in [-0.2, 0) is 14.9 Å². The van der Waals surface area contributed by atoms with E-state index in [1.54, 1.807) is 24.3 Å². The lowest BCUT2D eigenvalue weighted by Crippen LogP contribution is -2.55. The molecule has 1 spiro atoms. The lowest BCUT2D eigenvalue weighted by atomic mass is 9.43. The van der Waals surface area contributed by atoms with Crippen LogP contribution < -0.4 is 5.30 Å². The van der Waals surface area contributed by atoms with Crippen molar-refractivity contribution in [3.05, 3.63) is 136 Å². The molecular weight excluding hydrogens is 491 g/mol. The Balaban J connectivity index is 1.38. The van der Waals surface area contributed by atoms with Crippen molar-refractivity contribution in [3.63, 3.8) is 0 Å². The summed E-state index contributed by atoms with van der Waals surface area (Å²) in [5, 5.41) is 1.29. The van der Waals surface area contributed by atoms with Crippen LogP contribution in [0.25, 0.3) is 0 Å². The van der Waals surface area contributed by atoms with Gasteiger partial charge in [0.15, 0.2) is 0 Å². The van der Waals surface area contributed by atoms with Gasteiger partial charge in [-0.3, -0.25) is 0 Å². The molecule has 0 N–H and O–H groups in total. The van der Waals surface area contributed by atoms with E-state index in [-0.39, 0.29) is 17.3 Å². The molecule has 0 amide bonds. The summed E-state index contributed by atoms with van der Waals surface area (Å²) in [6, 6.07) is 31.2. The van der Waals surface area contributed by atoms with E-state index < -0.39 is 24.1 Å². The number of fused-ring (bicyclic) bond motifs is 4. The van der Waals surface area contributed by atoms with Crippen molar-refractivity contribution in [2.45, 2.75) is 36.4 Å². The average Bonchev–Trinajstić information content (AvgIpc) is 3.13. The average molecular weight is 519 g/mol. The molecule has 3 aliphatic carbocycles. The minimum atomic E-state index is -0.601. The van der Waals surface area contributed by atoms with Crippen LogP contribution in [0, 0.1) is 6.92 Å². The Bertz CT molecular complexity index is 1580. The molecular formula is C33H27O4P. The van der Waals surface area contributed by atoms with Crippen LogP contribution in [0.15, 0.2) is 97.1 Å². The van der Waals surface area contributed by atoms with Crippen LogP contribution in [0.4, 0.5) is 0 Å². The van der Waals surface area contributed by atoms with Crippen molar-refractivity contribution >= 4 is 25.8 Å². The normalized spacial score (nSPS) is 25.8. The maximum absolute atomic E-state index is 13.4. The molecule has 188 valence electrons. The molecule has 0 heterocycles. The van der Waals surface area contributed by atoms with Crippen LogP contribution >= 0.6 is 8.58 Å². The van der Waals surface area contributed by atoms with E-state index in [0.29, 0.717) is 19.7 Å². The van der Waals surface area contributed by atoms with Gasteiger partial charge in [0.2, 0.25) is 0 Å². The molecule has 0 radical (unpaired) electrons. The van der Waals surface area contributed by atoms with E-state index in [1.807, 2.05) is 36.4 Å². The Hall–Kier alpha value is -3.75. The molecule has 0 aliphatic heterocycles. The van der Waals surface area contributed by atoms with Crippen molar-refractivity contribution < 1.29 is 19.1 Å². The summed E-state index contributed by atoms with van der Waals surface area (Å²) >= 11 is 0. The van der Waals surface area contributed by atoms with E-state index in [9.17, 15) is 9.59 Å². The third kappa shape index (κ3) is 3.07. The second-order valence-corrected chi connectivity index (χ2v) is 11.4. The molecule has 0 bridgehead atoms. The summed E-state index contributed by atoms with van der Waals surface area (Å²) < 4.78 is 12.7. The summed E-state index contributed by atoms with van der Waals surface area (Å²) in [5.41, 5.74) is 6.86. The van der Waals surface area contributed by atoms with Gasteiger partial charge in [-0.1, -0.05) is 86.9 Å². The molecule has 4 aromatic rings. The number of carbonyl (C=O) groups is 2. The molecule has 0 saturated heterocycles. The Kier molecular flexibility index (Phi) is 5.32. The van der Waals surface area contributed by atoms with Gasteiger partial charge in [0.1, 0.15) is 12.2 Å². The maximum atomic E-state index is 13.4. The fourth-order valence-corrected chi connectivity index (χ4v) is 7.97. The van der Waals surface area contributed by atoms with Gasteiger partial charge >= 0.3 is 11.9 Å². The van der Waals surface area contributed by atoms with Crippen LogP contribution in [0.1, 0.15) is 60.4 Å². The van der Waals surface area contributed by atoms with Gasteiger partial charge in [-0.25, -0.2) is 9.59 Å². The highest BCUT2D eigenvalue weighted by Crippen LogP contribution is 2.76. The number of esters is 2. The van der Waals surface area contributed by atoms with Crippen molar-refractivity contribution in [3.8, 4) is 0 Å². The predicted molar refractivity (Wildman–Crippen MR) is 149 cm³/mol. The number of carbonyl (C=O) groups excluding carboxylic acids is 2. The molecule has 7 rings (SSSR count). The second kappa shape index (κ2) is 8.64. The highest BCUT2D eigenvalue weighted by Gasteiger charge is 2.76. The summed E-state index contributed by atoms with van der Waals surface area (Å²) in [7, 11) is 0.612. The summed E-state index contributed by atoms with van der Waals surface area (Å²) in [4.78, 5) is 26.9. The van der Waals surface area contributed by atoms with Gasteiger partial charge < -0.3 is 9.47 Å². The van der Waals surface area contributed by atoms with Gasteiger partial charge in [-0.15, -0.1) is 0 Å². The Morgan fingerprint density at radius 1 is 0.711 bits per heavy atom. The Morgan fingerprint density at radius 2 is 1.32 bits per heavy atom. The first kappa shape index (κ1) is 23.4. The third-order valence-electron chi connectivity index (χ3n) is 8.59. The largest absolute Gasteiger partial charge is 0.454 e. The van der Waals surface area contributed by atoms with E-state index in [4.69, 9.17) is 9.47 Å². The predicted octanol–water partition coefficient (Wildman–Crippen LogP) is 5.87. The lowest BCUT2D eigenvalue weighted by molar-refractivity contribution is -0.0317. The highest BCUT2D eigenvalue weighted by atomic mass is 31.1. The third-order valence-corrected chi connectivity index (χ3v) is 9.56. The molecule has 5 heteroatoms. The van der Waals surface area contributed by atoms with Crippen LogP contribution in [0.5, 0.6) is 0 Å². The fourth-order valence-electron chi connectivity index (χ4n) is 7.15. The van der Waals surface area contributed by atoms with Gasteiger partial charge in [0.25, 0.3) is 0 Å². The lowest BCUT2D eigenvalue weighted by Gasteiger charge is -2.58. The first-order chi connectivity index (χ1) is 18.6. The zero-order valence-electron chi connectivity index (χ0n) is 21.2. The standard InChI is InChI=1S/C33H27O4P/c1-19-16-17-22-24(18-19)33-23-14-9-15-25(38-2)26(23)28(33)30(37-32(35)21-12-7-4-8-13-21)29(27(22)33)36-31(34)20-10-5-3-6-11-20/h3-18,27-30,38H,1-2H3/t27?,28?,29?,30?,33-/m0/s1. The SMILES string of the molecule is CPc1cccc2c1C1C(OC(=O)c3ccccc3)C(OC(=O)c3ccccc3)C3c4ccc(C)cc4[C@@]231. The van der Waals surface area contributed by atoms with Crippen molar-refractivity contribution in [2.24, 2.45) is 0 Å². The van der Waals surface area contributed by atoms with Crippen LogP contribution in [-0.4, -0.2) is 30.8 Å². The van der Waals surface area contributed by atoms with E-state index in [1.165, 1.54) is 33.1 Å². The molecule has 5 unspecified atom stereocenters. The summed E-state index contributed by atoms with van der Waals surface area (Å²) in [6.07, 6.45) is -1.20. The second-order valence-electron chi connectivity index (χ2n) is 10.4. The van der Waals surface area contributed by atoms with Crippen LogP contribution in [0.3, 0.4) is 0 Å². The molecule has 1 saturated carbocycles. The van der Waals surface area contributed by atoms with E-state index >= 15 is 0 Å². The first-order valence-electron chi connectivity index (χ1n) is 13.0. The zero-order chi connectivity index (χ0) is 26.0. The molecule has 4 nitrogen and oxygen atoms in total. The number of rotatable bonds is 5. The van der Waals surface area contributed by atoms with Gasteiger partial charge in [0.05, 0.1) is 11.1 Å². The highest BCUT2D eigenvalue weighted by molar-refractivity contribution is 7.46. The van der Waals surface area contributed by atoms with Gasteiger partial charge in [0, 0.05) is 17.3 Å². The van der Waals surface area contributed by atoms with Gasteiger partial charge in [-0.2, -0.15) is 0 Å². The molecule has 6 atom stereocenters. The number of hydrogen-bond donors (Lipinski definition) is 0. The first-order valence-corrected chi connectivity index (χ1v) is 14.5. The minimum absolute atomic E-state index is 0.0679. The quantitative estimate of drug-likeness (QED) is 0.245. The van der Waals surface area contributed by atoms with Crippen molar-refractivity contribution in [1.82, 2.24) is 0 Å². The van der Waals surface area contributed by atoms with Crippen molar-refractivity contribution in [1.29, 1.82) is 0 Å². The fraction of sp³-hybridized carbons (Fsp3) is 0.212.